The third-order valence-corrected chi connectivity index (χ3v) is 5.02. The molecule has 1 aromatic rings. The Morgan fingerprint density at radius 1 is 1.04 bits per heavy atom. The van der Waals surface area contributed by atoms with Crippen LogP contribution in [-0.2, 0) is 9.59 Å². The number of carbonyl (C=O) groups is 2. The van der Waals surface area contributed by atoms with Crippen LogP contribution in [0.2, 0.25) is 0 Å². The number of rotatable bonds is 3. The SMILES string of the molecule is CC(=O)N1CCN([C@@H]2CN(C(=O)/C=C/c3ccccc3)C[C@H]2O)CC1. The van der Waals surface area contributed by atoms with Gasteiger partial charge in [-0.2, -0.15) is 0 Å². The minimum Gasteiger partial charge on any atom is -0.390 e. The lowest BCUT2D eigenvalue weighted by Crippen LogP contribution is -2.54. The van der Waals surface area contributed by atoms with E-state index in [1.54, 1.807) is 24.0 Å². The highest BCUT2D eigenvalue weighted by atomic mass is 16.3. The summed E-state index contributed by atoms with van der Waals surface area (Å²) >= 11 is 0. The van der Waals surface area contributed by atoms with Crippen LogP contribution in [0.4, 0.5) is 0 Å². The smallest absolute Gasteiger partial charge is 0.246 e. The Balaban J connectivity index is 1.55. The molecule has 6 nitrogen and oxygen atoms in total. The van der Waals surface area contributed by atoms with E-state index < -0.39 is 6.10 Å². The Hall–Kier alpha value is -2.18. The van der Waals surface area contributed by atoms with Gasteiger partial charge in [0.1, 0.15) is 0 Å². The monoisotopic (exact) mass is 343 g/mol. The van der Waals surface area contributed by atoms with Gasteiger partial charge in [-0.1, -0.05) is 30.3 Å². The number of amides is 2. The molecule has 1 N–H and O–H groups in total. The number of benzene rings is 1. The summed E-state index contributed by atoms with van der Waals surface area (Å²) in [4.78, 5) is 29.5. The first-order valence-corrected chi connectivity index (χ1v) is 8.74. The number of piperazine rings is 1. The predicted molar refractivity (Wildman–Crippen MR) is 95.7 cm³/mol. The predicted octanol–water partition coefficient (Wildman–Crippen LogP) is 0.436. The Bertz CT molecular complexity index is 639. The number of aliphatic hydroxyl groups is 1. The molecule has 134 valence electrons. The van der Waals surface area contributed by atoms with Gasteiger partial charge in [-0.3, -0.25) is 14.5 Å². The summed E-state index contributed by atoms with van der Waals surface area (Å²) in [6.45, 7) is 5.31. The van der Waals surface area contributed by atoms with Crippen LogP contribution in [-0.4, -0.2) is 83.0 Å². The molecule has 1 aromatic carbocycles. The average Bonchev–Trinajstić information content (AvgIpc) is 3.02. The van der Waals surface area contributed by atoms with Crippen molar-refractivity contribution in [3.8, 4) is 0 Å². The van der Waals surface area contributed by atoms with E-state index in [0.29, 0.717) is 26.2 Å². The second kappa shape index (κ2) is 7.80. The Morgan fingerprint density at radius 3 is 2.36 bits per heavy atom. The van der Waals surface area contributed by atoms with E-state index in [4.69, 9.17) is 0 Å². The van der Waals surface area contributed by atoms with Gasteiger partial charge < -0.3 is 14.9 Å². The van der Waals surface area contributed by atoms with Crippen molar-refractivity contribution in [1.29, 1.82) is 0 Å². The lowest BCUT2D eigenvalue weighted by atomic mass is 10.1. The van der Waals surface area contributed by atoms with E-state index in [9.17, 15) is 14.7 Å². The van der Waals surface area contributed by atoms with Crippen LogP contribution in [0.3, 0.4) is 0 Å². The maximum absolute atomic E-state index is 12.4. The molecule has 0 saturated carbocycles. The van der Waals surface area contributed by atoms with Gasteiger partial charge in [-0.05, 0) is 11.6 Å². The van der Waals surface area contributed by atoms with Crippen LogP contribution in [0, 0.1) is 0 Å². The van der Waals surface area contributed by atoms with E-state index in [-0.39, 0.29) is 17.9 Å². The summed E-state index contributed by atoms with van der Waals surface area (Å²) in [6.07, 6.45) is 2.82. The van der Waals surface area contributed by atoms with E-state index in [0.717, 1.165) is 18.7 Å². The number of hydrogen-bond donors (Lipinski definition) is 1. The molecule has 6 heteroatoms. The summed E-state index contributed by atoms with van der Waals surface area (Å²) in [7, 11) is 0. The lowest BCUT2D eigenvalue weighted by Gasteiger charge is -2.38. The van der Waals surface area contributed by atoms with Crippen molar-refractivity contribution in [3.63, 3.8) is 0 Å². The molecule has 2 fully saturated rings. The molecule has 2 aliphatic rings. The normalized spacial score (nSPS) is 24.9. The van der Waals surface area contributed by atoms with Crippen molar-refractivity contribution in [3.05, 3.63) is 42.0 Å². The van der Waals surface area contributed by atoms with Gasteiger partial charge in [-0.15, -0.1) is 0 Å². The van der Waals surface area contributed by atoms with Crippen LogP contribution in [0.5, 0.6) is 0 Å². The molecule has 0 unspecified atom stereocenters. The summed E-state index contributed by atoms with van der Waals surface area (Å²) in [6, 6.07) is 9.64. The highest BCUT2D eigenvalue weighted by Gasteiger charge is 2.38. The standard InChI is InChI=1S/C19H25N3O3/c1-15(23)20-9-11-21(12-10-20)17-13-22(14-18(17)24)19(25)8-7-16-5-3-2-4-6-16/h2-8,17-18,24H,9-14H2,1H3/b8-7+/t17-,18-/m1/s1. The van der Waals surface area contributed by atoms with Crippen molar-refractivity contribution in [2.75, 3.05) is 39.3 Å². The number of carbonyl (C=O) groups excluding carboxylic acids is 2. The Labute approximate surface area is 148 Å². The number of aliphatic hydroxyl groups excluding tert-OH is 1. The molecule has 2 aliphatic heterocycles. The maximum atomic E-state index is 12.4. The van der Waals surface area contributed by atoms with Crippen LogP contribution in [0.15, 0.2) is 36.4 Å². The molecule has 0 radical (unpaired) electrons. The molecule has 0 spiro atoms. The number of hydrogen-bond acceptors (Lipinski definition) is 4. The van der Waals surface area contributed by atoms with Gasteiger partial charge >= 0.3 is 0 Å². The minimum atomic E-state index is -0.544. The summed E-state index contributed by atoms with van der Waals surface area (Å²) in [5, 5.41) is 10.4. The highest BCUT2D eigenvalue weighted by Crippen LogP contribution is 2.19. The molecular formula is C19H25N3O3. The van der Waals surface area contributed by atoms with Crippen LogP contribution < -0.4 is 0 Å². The van der Waals surface area contributed by atoms with Crippen LogP contribution in [0.1, 0.15) is 12.5 Å². The largest absolute Gasteiger partial charge is 0.390 e. The fourth-order valence-electron chi connectivity index (χ4n) is 3.51. The number of likely N-dealkylation sites (tertiary alicyclic amines) is 1. The topological polar surface area (TPSA) is 64.1 Å². The van der Waals surface area contributed by atoms with Crippen molar-refractivity contribution < 1.29 is 14.7 Å². The molecule has 2 amide bonds. The van der Waals surface area contributed by atoms with E-state index >= 15 is 0 Å². The molecule has 2 atom stereocenters. The van der Waals surface area contributed by atoms with Gasteiger partial charge in [-0.25, -0.2) is 0 Å². The lowest BCUT2D eigenvalue weighted by molar-refractivity contribution is -0.131. The fraction of sp³-hybridized carbons (Fsp3) is 0.474. The third kappa shape index (κ3) is 4.27. The van der Waals surface area contributed by atoms with Crippen molar-refractivity contribution in [2.24, 2.45) is 0 Å². The van der Waals surface area contributed by atoms with Crippen molar-refractivity contribution >= 4 is 17.9 Å². The number of nitrogens with zero attached hydrogens (tertiary/aromatic N) is 3. The van der Waals surface area contributed by atoms with Gasteiger partial charge in [0.05, 0.1) is 12.1 Å². The maximum Gasteiger partial charge on any atom is 0.246 e. The first kappa shape index (κ1) is 17.6. The molecule has 0 aliphatic carbocycles. The second-order valence-corrected chi connectivity index (χ2v) is 6.66. The Morgan fingerprint density at radius 2 is 1.72 bits per heavy atom. The molecule has 2 heterocycles. The van der Waals surface area contributed by atoms with Crippen LogP contribution in [0.25, 0.3) is 6.08 Å². The molecule has 0 aromatic heterocycles. The third-order valence-electron chi connectivity index (χ3n) is 5.02. The minimum absolute atomic E-state index is 0.0526. The first-order chi connectivity index (χ1) is 12.0. The van der Waals surface area contributed by atoms with Gasteiger partial charge in [0.2, 0.25) is 11.8 Å². The quantitative estimate of drug-likeness (QED) is 0.809. The summed E-state index contributed by atoms with van der Waals surface area (Å²) in [5.41, 5.74) is 0.979. The molecule has 3 rings (SSSR count). The zero-order valence-electron chi connectivity index (χ0n) is 14.5. The number of β-amino-alcohol motifs (C(OH)–C–C–N with tert-alkyl or cyclic N) is 1. The van der Waals surface area contributed by atoms with E-state index in [1.165, 1.54) is 0 Å². The van der Waals surface area contributed by atoms with Gasteiger partial charge in [0.15, 0.2) is 0 Å². The van der Waals surface area contributed by atoms with E-state index in [2.05, 4.69) is 4.90 Å². The zero-order chi connectivity index (χ0) is 17.8. The molecule has 2 saturated heterocycles. The van der Waals surface area contributed by atoms with Crippen molar-refractivity contribution in [1.82, 2.24) is 14.7 Å². The van der Waals surface area contributed by atoms with Crippen LogP contribution >= 0.6 is 0 Å². The van der Waals surface area contributed by atoms with Crippen molar-refractivity contribution in [2.45, 2.75) is 19.1 Å². The fourth-order valence-corrected chi connectivity index (χ4v) is 3.51. The molecule has 25 heavy (non-hydrogen) atoms. The van der Waals surface area contributed by atoms with Gasteiger partial charge in [0.25, 0.3) is 0 Å². The average molecular weight is 343 g/mol. The van der Waals surface area contributed by atoms with Gasteiger partial charge in [0, 0.05) is 52.3 Å². The zero-order valence-corrected chi connectivity index (χ0v) is 14.5. The second-order valence-electron chi connectivity index (χ2n) is 6.66. The first-order valence-electron chi connectivity index (χ1n) is 8.74. The molecular weight excluding hydrogens is 318 g/mol. The summed E-state index contributed by atoms with van der Waals surface area (Å²) in [5.74, 6) is 0.0160. The molecule has 0 bridgehead atoms. The highest BCUT2D eigenvalue weighted by molar-refractivity contribution is 5.92. The summed E-state index contributed by atoms with van der Waals surface area (Å²) < 4.78 is 0. The Kier molecular flexibility index (Phi) is 5.50. The van der Waals surface area contributed by atoms with E-state index in [1.807, 2.05) is 35.2 Å².